The molecule has 0 aliphatic carbocycles. The summed E-state index contributed by atoms with van der Waals surface area (Å²) < 4.78 is 0. The van der Waals surface area contributed by atoms with Crippen molar-refractivity contribution in [3.8, 4) is 0 Å². The van der Waals surface area contributed by atoms with Crippen LogP contribution in [0, 0.1) is 5.92 Å². The van der Waals surface area contributed by atoms with Crippen molar-refractivity contribution in [2.45, 2.75) is 32.1 Å². The first kappa shape index (κ1) is 24.0. The SMILES string of the molecule is Cl.Cl.O=C(O)CCc1ccc(N2CCN(CCC3CCNCC3)CC2)cc1. The van der Waals surface area contributed by atoms with Crippen molar-refractivity contribution in [2.75, 3.05) is 50.7 Å². The summed E-state index contributed by atoms with van der Waals surface area (Å²) in [6, 6.07) is 8.42. The van der Waals surface area contributed by atoms with E-state index in [4.69, 9.17) is 5.11 Å². The summed E-state index contributed by atoms with van der Waals surface area (Å²) in [5.41, 5.74) is 2.36. The minimum absolute atomic E-state index is 0. The number of hydrogen-bond acceptors (Lipinski definition) is 4. The van der Waals surface area contributed by atoms with Crippen molar-refractivity contribution >= 4 is 36.5 Å². The van der Waals surface area contributed by atoms with Crippen LogP contribution in [0.4, 0.5) is 5.69 Å². The minimum Gasteiger partial charge on any atom is -0.481 e. The standard InChI is InChI=1S/C20H31N3O2.2ClH/c24-20(25)6-3-17-1-4-19(5-2-17)23-15-13-22(14-16-23)12-9-18-7-10-21-11-8-18;;/h1-2,4-5,18,21H,3,6-16H2,(H,24,25);2*1H. The third kappa shape index (κ3) is 7.86. The number of rotatable bonds is 7. The number of carboxylic acid groups (broad SMARTS) is 1. The zero-order valence-electron chi connectivity index (χ0n) is 15.9. The number of anilines is 1. The molecule has 7 heteroatoms. The molecule has 2 fully saturated rings. The normalized spacial score (nSPS) is 18.4. The highest BCUT2D eigenvalue weighted by atomic mass is 35.5. The zero-order valence-corrected chi connectivity index (χ0v) is 17.6. The van der Waals surface area contributed by atoms with Gasteiger partial charge in [0.2, 0.25) is 0 Å². The van der Waals surface area contributed by atoms with Crippen molar-refractivity contribution in [1.29, 1.82) is 0 Å². The number of carbonyl (C=O) groups is 1. The maximum Gasteiger partial charge on any atom is 0.303 e. The first-order chi connectivity index (χ1) is 12.2. The summed E-state index contributed by atoms with van der Waals surface area (Å²) in [4.78, 5) is 15.7. The molecule has 2 saturated heterocycles. The maximum atomic E-state index is 10.7. The third-order valence-electron chi connectivity index (χ3n) is 5.61. The second-order valence-corrected chi connectivity index (χ2v) is 7.37. The summed E-state index contributed by atoms with van der Waals surface area (Å²) in [5, 5.41) is 12.2. The van der Waals surface area contributed by atoms with Crippen LogP contribution in [0.1, 0.15) is 31.2 Å². The lowest BCUT2D eigenvalue weighted by atomic mass is 9.94. The fraction of sp³-hybridized carbons (Fsp3) is 0.650. The minimum atomic E-state index is -0.732. The topological polar surface area (TPSA) is 55.8 Å². The fourth-order valence-electron chi connectivity index (χ4n) is 3.89. The lowest BCUT2D eigenvalue weighted by molar-refractivity contribution is -0.136. The molecule has 2 heterocycles. The zero-order chi connectivity index (χ0) is 17.5. The fourth-order valence-corrected chi connectivity index (χ4v) is 3.89. The first-order valence-corrected chi connectivity index (χ1v) is 9.69. The van der Waals surface area contributed by atoms with E-state index in [2.05, 4.69) is 39.4 Å². The number of aliphatic carboxylic acids is 1. The van der Waals surface area contributed by atoms with E-state index in [0.717, 1.165) is 37.7 Å². The van der Waals surface area contributed by atoms with Gasteiger partial charge in [-0.25, -0.2) is 0 Å². The molecule has 0 amide bonds. The van der Waals surface area contributed by atoms with E-state index in [9.17, 15) is 4.79 Å². The molecular weight excluding hydrogens is 385 g/mol. The largest absolute Gasteiger partial charge is 0.481 e. The average Bonchev–Trinajstić information content (AvgIpc) is 2.66. The third-order valence-corrected chi connectivity index (χ3v) is 5.61. The van der Waals surface area contributed by atoms with Crippen LogP contribution >= 0.6 is 24.8 Å². The van der Waals surface area contributed by atoms with E-state index in [1.807, 2.05) is 0 Å². The summed E-state index contributed by atoms with van der Waals surface area (Å²) in [6.07, 6.45) is 4.84. The second-order valence-electron chi connectivity index (χ2n) is 7.37. The second kappa shape index (κ2) is 12.4. The highest BCUT2D eigenvalue weighted by Gasteiger charge is 2.19. The van der Waals surface area contributed by atoms with Crippen molar-refractivity contribution in [1.82, 2.24) is 10.2 Å². The number of benzene rings is 1. The van der Waals surface area contributed by atoms with Crippen LogP contribution in [0.3, 0.4) is 0 Å². The van der Waals surface area contributed by atoms with E-state index in [-0.39, 0.29) is 31.2 Å². The average molecular weight is 418 g/mol. The number of aryl methyl sites for hydroxylation is 1. The van der Waals surface area contributed by atoms with Gasteiger partial charge in [-0.15, -0.1) is 24.8 Å². The van der Waals surface area contributed by atoms with Gasteiger partial charge in [0, 0.05) is 38.3 Å². The Hall–Kier alpha value is -1.01. The number of piperazine rings is 1. The van der Waals surface area contributed by atoms with E-state index in [1.54, 1.807) is 0 Å². The van der Waals surface area contributed by atoms with Crippen molar-refractivity contribution in [3.05, 3.63) is 29.8 Å². The molecule has 2 aliphatic heterocycles. The number of hydrogen-bond donors (Lipinski definition) is 2. The Balaban J connectivity index is 0.00000182. The molecule has 1 aromatic rings. The molecule has 0 saturated carbocycles. The molecule has 0 spiro atoms. The van der Waals surface area contributed by atoms with Crippen LogP contribution in [-0.2, 0) is 11.2 Å². The maximum absolute atomic E-state index is 10.7. The van der Waals surface area contributed by atoms with Gasteiger partial charge in [-0.2, -0.15) is 0 Å². The Kier molecular flexibility index (Phi) is 11.1. The van der Waals surface area contributed by atoms with Gasteiger partial charge in [-0.3, -0.25) is 9.69 Å². The molecule has 2 aliphatic rings. The molecule has 0 radical (unpaired) electrons. The molecule has 0 atom stereocenters. The quantitative estimate of drug-likeness (QED) is 0.713. The smallest absolute Gasteiger partial charge is 0.303 e. The molecule has 1 aromatic carbocycles. The van der Waals surface area contributed by atoms with E-state index < -0.39 is 5.97 Å². The molecule has 3 rings (SSSR count). The molecule has 5 nitrogen and oxygen atoms in total. The van der Waals surface area contributed by atoms with Gasteiger partial charge in [0.1, 0.15) is 0 Å². The van der Waals surface area contributed by atoms with Gasteiger partial charge in [0.25, 0.3) is 0 Å². The van der Waals surface area contributed by atoms with Gasteiger partial charge in [0.15, 0.2) is 0 Å². The Morgan fingerprint density at radius 2 is 1.67 bits per heavy atom. The van der Waals surface area contributed by atoms with E-state index in [1.165, 1.54) is 44.6 Å². The summed E-state index contributed by atoms with van der Waals surface area (Å²) in [7, 11) is 0. The van der Waals surface area contributed by atoms with E-state index >= 15 is 0 Å². The molecule has 2 N–H and O–H groups in total. The monoisotopic (exact) mass is 417 g/mol. The molecule has 0 unspecified atom stereocenters. The molecular formula is C20H33Cl2N3O2. The lowest BCUT2D eigenvalue weighted by Crippen LogP contribution is -2.47. The van der Waals surface area contributed by atoms with Gasteiger partial charge in [-0.05, 0) is 68.9 Å². The summed E-state index contributed by atoms with van der Waals surface area (Å²) in [5.74, 6) is 0.183. The number of nitrogens with zero attached hydrogens (tertiary/aromatic N) is 2. The number of halogens is 2. The first-order valence-electron chi connectivity index (χ1n) is 9.69. The molecule has 0 aromatic heterocycles. The van der Waals surface area contributed by atoms with Gasteiger partial charge in [-0.1, -0.05) is 12.1 Å². The Morgan fingerprint density at radius 3 is 2.26 bits per heavy atom. The van der Waals surface area contributed by atoms with Crippen LogP contribution in [0.2, 0.25) is 0 Å². The molecule has 27 heavy (non-hydrogen) atoms. The van der Waals surface area contributed by atoms with Gasteiger partial charge >= 0.3 is 5.97 Å². The van der Waals surface area contributed by atoms with Crippen LogP contribution < -0.4 is 10.2 Å². The van der Waals surface area contributed by atoms with Crippen LogP contribution in [0.25, 0.3) is 0 Å². The summed E-state index contributed by atoms with van der Waals surface area (Å²) in [6.45, 7) is 8.09. The van der Waals surface area contributed by atoms with Crippen molar-refractivity contribution in [3.63, 3.8) is 0 Å². The van der Waals surface area contributed by atoms with Crippen LogP contribution in [0.5, 0.6) is 0 Å². The van der Waals surface area contributed by atoms with Gasteiger partial charge in [0.05, 0.1) is 0 Å². The Bertz CT molecular complexity index is 543. The molecule has 0 bridgehead atoms. The van der Waals surface area contributed by atoms with Crippen LogP contribution in [0.15, 0.2) is 24.3 Å². The molecule has 154 valence electrons. The van der Waals surface area contributed by atoms with Crippen LogP contribution in [-0.4, -0.2) is 61.8 Å². The van der Waals surface area contributed by atoms with Gasteiger partial charge < -0.3 is 15.3 Å². The summed E-state index contributed by atoms with van der Waals surface area (Å²) >= 11 is 0. The van der Waals surface area contributed by atoms with Crippen molar-refractivity contribution < 1.29 is 9.90 Å². The Morgan fingerprint density at radius 1 is 1.04 bits per heavy atom. The van der Waals surface area contributed by atoms with E-state index in [0.29, 0.717) is 6.42 Å². The Labute approximate surface area is 175 Å². The predicted octanol–water partition coefficient (Wildman–Crippen LogP) is 3.06. The lowest BCUT2D eigenvalue weighted by Gasteiger charge is -2.37. The number of piperidine rings is 1. The highest BCUT2D eigenvalue weighted by molar-refractivity contribution is 5.85. The predicted molar refractivity (Wildman–Crippen MR) is 116 cm³/mol. The van der Waals surface area contributed by atoms with Crippen molar-refractivity contribution in [2.24, 2.45) is 5.92 Å². The number of nitrogens with one attached hydrogen (secondary N) is 1. The highest BCUT2D eigenvalue weighted by Crippen LogP contribution is 2.20. The number of carboxylic acids is 1.